The van der Waals surface area contributed by atoms with Crippen LogP contribution in [-0.4, -0.2) is 35.3 Å². The van der Waals surface area contributed by atoms with Crippen LogP contribution in [0.4, 0.5) is 5.69 Å². The first-order valence-corrected chi connectivity index (χ1v) is 13.3. The molecule has 0 unspecified atom stereocenters. The molecule has 1 aromatic heterocycles. The average Bonchev–Trinajstić information content (AvgIpc) is 3.28. The Morgan fingerprint density at radius 2 is 1.64 bits per heavy atom. The molecule has 36 heavy (non-hydrogen) atoms. The molecule has 0 fully saturated rings. The van der Waals surface area contributed by atoms with Crippen molar-refractivity contribution < 1.29 is 13.2 Å². The van der Waals surface area contributed by atoms with Gasteiger partial charge in [0.25, 0.3) is 15.9 Å². The molecule has 186 valence electrons. The van der Waals surface area contributed by atoms with Crippen LogP contribution in [0, 0.1) is 13.8 Å². The van der Waals surface area contributed by atoms with Gasteiger partial charge in [-0.1, -0.05) is 60.2 Å². The lowest BCUT2D eigenvalue weighted by Gasteiger charge is -2.24. The van der Waals surface area contributed by atoms with Crippen LogP contribution in [0.3, 0.4) is 0 Å². The summed E-state index contributed by atoms with van der Waals surface area (Å²) in [6, 6.07) is 23.1. The molecule has 0 radical (unpaired) electrons. The molecule has 4 rings (SSSR count). The normalized spacial score (nSPS) is 11.3. The van der Waals surface area contributed by atoms with Crippen LogP contribution in [-0.2, 0) is 23.1 Å². The minimum Gasteiger partial charge on any atom is -0.335 e. The number of benzene rings is 3. The molecule has 0 saturated heterocycles. The summed E-state index contributed by atoms with van der Waals surface area (Å²) in [7, 11) is -3.85. The van der Waals surface area contributed by atoms with Gasteiger partial charge in [0.05, 0.1) is 16.1 Å². The molecule has 0 aliphatic rings. The predicted octanol–water partition coefficient (Wildman–Crippen LogP) is 5.03. The quantitative estimate of drug-likeness (QED) is 0.330. The number of sulfonamides is 1. The maximum atomic E-state index is 13.8. The standard InChI is InChI=1S/C28H30N4O3S/c1-22-13-15-25(16-14-22)36(34,35)30-27-12-7-6-11-26(27)28(33)32(21-24-9-4-3-5-10-24)19-8-18-31-20-17-29-23(31)2/h3-7,9-17,20,30H,8,18-19,21H2,1-2H3. The van der Waals surface area contributed by atoms with E-state index in [0.29, 0.717) is 18.7 Å². The first kappa shape index (κ1) is 25.2. The zero-order chi connectivity index (χ0) is 25.5. The smallest absolute Gasteiger partial charge is 0.261 e. The molecule has 1 N–H and O–H groups in total. The molecule has 7 nitrogen and oxygen atoms in total. The second-order valence-electron chi connectivity index (χ2n) is 8.70. The fourth-order valence-electron chi connectivity index (χ4n) is 3.98. The topological polar surface area (TPSA) is 84.3 Å². The summed E-state index contributed by atoms with van der Waals surface area (Å²) in [6.07, 6.45) is 4.42. The SMILES string of the molecule is Cc1ccc(S(=O)(=O)Nc2ccccc2C(=O)N(CCCn2ccnc2C)Cc2ccccc2)cc1. The molecule has 3 aromatic carbocycles. The Hall–Kier alpha value is -3.91. The van der Waals surface area contributed by atoms with Crippen molar-refractivity contribution in [2.75, 3.05) is 11.3 Å². The van der Waals surface area contributed by atoms with Crippen molar-refractivity contribution in [3.63, 3.8) is 0 Å². The minimum absolute atomic E-state index is 0.146. The van der Waals surface area contributed by atoms with E-state index >= 15 is 0 Å². The zero-order valence-corrected chi connectivity index (χ0v) is 21.3. The van der Waals surface area contributed by atoms with Gasteiger partial charge in [-0.2, -0.15) is 0 Å². The Labute approximate surface area is 212 Å². The molecule has 0 aliphatic heterocycles. The highest BCUT2D eigenvalue weighted by atomic mass is 32.2. The van der Waals surface area contributed by atoms with E-state index in [-0.39, 0.29) is 16.5 Å². The molecule has 4 aromatic rings. The lowest BCUT2D eigenvalue weighted by Crippen LogP contribution is -2.33. The van der Waals surface area contributed by atoms with E-state index in [1.54, 1.807) is 59.6 Å². The van der Waals surface area contributed by atoms with Crippen LogP contribution in [0.25, 0.3) is 0 Å². The van der Waals surface area contributed by atoms with Gasteiger partial charge in [0.1, 0.15) is 5.82 Å². The number of hydrogen-bond donors (Lipinski definition) is 1. The van der Waals surface area contributed by atoms with Gasteiger partial charge in [-0.3, -0.25) is 9.52 Å². The molecular formula is C28H30N4O3S. The summed E-state index contributed by atoms with van der Waals surface area (Å²) in [5.41, 5.74) is 2.53. The second kappa shape index (κ2) is 11.2. The van der Waals surface area contributed by atoms with Crippen molar-refractivity contribution in [2.45, 2.75) is 38.3 Å². The van der Waals surface area contributed by atoms with Crippen molar-refractivity contribution in [3.8, 4) is 0 Å². The highest BCUT2D eigenvalue weighted by molar-refractivity contribution is 7.92. The number of aryl methyl sites for hydroxylation is 3. The van der Waals surface area contributed by atoms with Gasteiger partial charge in [-0.05, 0) is 50.1 Å². The number of anilines is 1. The number of aromatic nitrogens is 2. The van der Waals surface area contributed by atoms with Crippen molar-refractivity contribution in [1.82, 2.24) is 14.5 Å². The lowest BCUT2D eigenvalue weighted by atomic mass is 10.1. The van der Waals surface area contributed by atoms with Crippen LogP contribution in [0.2, 0.25) is 0 Å². The van der Waals surface area contributed by atoms with Crippen LogP contribution >= 0.6 is 0 Å². The maximum Gasteiger partial charge on any atom is 0.261 e. The highest BCUT2D eigenvalue weighted by Gasteiger charge is 2.22. The Morgan fingerprint density at radius 3 is 2.33 bits per heavy atom. The van der Waals surface area contributed by atoms with E-state index in [1.807, 2.05) is 50.4 Å². The number of para-hydroxylation sites is 1. The van der Waals surface area contributed by atoms with Crippen molar-refractivity contribution in [1.29, 1.82) is 0 Å². The first-order chi connectivity index (χ1) is 17.3. The molecule has 1 amide bonds. The molecule has 0 atom stereocenters. The summed E-state index contributed by atoms with van der Waals surface area (Å²) in [6.45, 7) is 5.49. The van der Waals surface area contributed by atoms with Gasteiger partial charge < -0.3 is 9.47 Å². The fraction of sp³-hybridized carbons (Fsp3) is 0.214. The Morgan fingerprint density at radius 1 is 0.944 bits per heavy atom. The Balaban J connectivity index is 1.58. The third-order valence-electron chi connectivity index (χ3n) is 5.99. The van der Waals surface area contributed by atoms with E-state index in [2.05, 4.69) is 14.3 Å². The van der Waals surface area contributed by atoms with Crippen molar-refractivity contribution in [2.24, 2.45) is 0 Å². The van der Waals surface area contributed by atoms with E-state index in [1.165, 1.54) is 0 Å². The number of nitrogens with one attached hydrogen (secondary N) is 1. The van der Waals surface area contributed by atoms with Crippen LogP contribution in [0.15, 0.2) is 96.2 Å². The van der Waals surface area contributed by atoms with Gasteiger partial charge in [0.2, 0.25) is 0 Å². The van der Waals surface area contributed by atoms with Gasteiger partial charge >= 0.3 is 0 Å². The Kier molecular flexibility index (Phi) is 7.85. The van der Waals surface area contributed by atoms with E-state index in [4.69, 9.17) is 0 Å². The number of carbonyl (C=O) groups is 1. The van der Waals surface area contributed by atoms with Gasteiger partial charge in [-0.15, -0.1) is 0 Å². The van der Waals surface area contributed by atoms with Gasteiger partial charge in [0, 0.05) is 32.0 Å². The molecule has 1 heterocycles. The predicted molar refractivity (Wildman–Crippen MR) is 141 cm³/mol. The van der Waals surface area contributed by atoms with E-state index < -0.39 is 10.0 Å². The Bertz CT molecular complexity index is 1410. The fourth-order valence-corrected chi connectivity index (χ4v) is 5.06. The number of nitrogens with zero attached hydrogens (tertiary/aromatic N) is 3. The molecule has 0 aliphatic carbocycles. The van der Waals surface area contributed by atoms with E-state index in [9.17, 15) is 13.2 Å². The largest absolute Gasteiger partial charge is 0.335 e. The highest BCUT2D eigenvalue weighted by Crippen LogP contribution is 2.23. The zero-order valence-electron chi connectivity index (χ0n) is 20.5. The van der Waals surface area contributed by atoms with E-state index in [0.717, 1.165) is 29.9 Å². The maximum absolute atomic E-state index is 13.8. The monoisotopic (exact) mass is 502 g/mol. The summed E-state index contributed by atoms with van der Waals surface area (Å²) in [5.74, 6) is 0.690. The summed E-state index contributed by atoms with van der Waals surface area (Å²) in [4.78, 5) is 19.9. The molecule has 8 heteroatoms. The molecular weight excluding hydrogens is 472 g/mol. The van der Waals surface area contributed by atoms with Gasteiger partial charge in [-0.25, -0.2) is 13.4 Å². The number of imidazole rings is 1. The molecule has 0 spiro atoms. The van der Waals surface area contributed by atoms with Crippen molar-refractivity contribution in [3.05, 3.63) is 114 Å². The third-order valence-corrected chi connectivity index (χ3v) is 7.37. The van der Waals surface area contributed by atoms with Crippen LogP contribution in [0.1, 0.15) is 33.7 Å². The molecule has 0 saturated carbocycles. The summed E-state index contributed by atoms with van der Waals surface area (Å²) < 4.78 is 30.7. The third kappa shape index (κ3) is 6.20. The number of hydrogen-bond acceptors (Lipinski definition) is 4. The second-order valence-corrected chi connectivity index (χ2v) is 10.4. The van der Waals surface area contributed by atoms with Crippen LogP contribution < -0.4 is 4.72 Å². The molecule has 0 bridgehead atoms. The summed E-state index contributed by atoms with van der Waals surface area (Å²) in [5, 5.41) is 0. The number of amides is 1. The number of rotatable bonds is 10. The summed E-state index contributed by atoms with van der Waals surface area (Å²) >= 11 is 0. The average molecular weight is 503 g/mol. The lowest BCUT2D eigenvalue weighted by molar-refractivity contribution is 0.0740. The van der Waals surface area contributed by atoms with Gasteiger partial charge in [0.15, 0.2) is 0 Å². The van der Waals surface area contributed by atoms with Crippen LogP contribution in [0.5, 0.6) is 0 Å². The minimum atomic E-state index is -3.85. The van der Waals surface area contributed by atoms with Crippen molar-refractivity contribution >= 4 is 21.6 Å². The first-order valence-electron chi connectivity index (χ1n) is 11.8. The number of carbonyl (C=O) groups excluding carboxylic acids is 1.